The number of hydrogen-bond donors (Lipinski definition) is 3. The Hall–Kier alpha value is -2.72. The molecule has 2 aromatic heterocycles. The summed E-state index contributed by atoms with van der Waals surface area (Å²) in [5.74, 6) is -0.340. The average Bonchev–Trinajstić information content (AvgIpc) is 3.06. The van der Waals surface area contributed by atoms with E-state index in [-0.39, 0.29) is 27.3 Å². The number of benzene rings is 1. The normalized spacial score (nSPS) is 12.2. The largest absolute Gasteiger partial charge is 0.496 e. The van der Waals surface area contributed by atoms with Gasteiger partial charge in [-0.1, -0.05) is 11.6 Å². The van der Waals surface area contributed by atoms with Crippen molar-refractivity contribution in [2.45, 2.75) is 24.9 Å². The number of halogens is 3. The maximum absolute atomic E-state index is 13.9. The van der Waals surface area contributed by atoms with Gasteiger partial charge >= 0.3 is 0 Å². The Balaban J connectivity index is 2.17. The molecule has 0 amide bonds. The van der Waals surface area contributed by atoms with Crippen LogP contribution in [0.5, 0.6) is 5.75 Å². The summed E-state index contributed by atoms with van der Waals surface area (Å²) in [6.07, 6.45) is 0. The molecule has 3 rings (SSSR count). The number of anilines is 1. The van der Waals surface area contributed by atoms with Gasteiger partial charge < -0.3 is 24.0 Å². The summed E-state index contributed by atoms with van der Waals surface area (Å²) < 4.78 is 51.9. The van der Waals surface area contributed by atoms with Crippen molar-refractivity contribution >= 4 is 28.0 Å². The topological polar surface area (TPSA) is 104 Å². The van der Waals surface area contributed by atoms with Gasteiger partial charge in [-0.2, -0.15) is 0 Å². The van der Waals surface area contributed by atoms with Gasteiger partial charge in [0.05, 0.1) is 17.8 Å². The highest BCUT2D eigenvalue weighted by Gasteiger charge is 2.24. The molecule has 0 radical (unpaired) electrons. The highest BCUT2D eigenvalue weighted by Crippen LogP contribution is 2.35. The number of ether oxygens (including phenoxy) is 1. The van der Waals surface area contributed by atoms with Crippen LogP contribution >= 0.6 is 11.6 Å². The van der Waals surface area contributed by atoms with Crippen molar-refractivity contribution in [1.29, 1.82) is 4.78 Å². The first-order valence-corrected chi connectivity index (χ1v) is 9.86. The van der Waals surface area contributed by atoms with Gasteiger partial charge in [-0.3, -0.25) is 4.98 Å². The minimum atomic E-state index is -2.06. The average molecular weight is 441 g/mol. The van der Waals surface area contributed by atoms with Gasteiger partial charge in [-0.15, -0.1) is 10.6 Å². The van der Waals surface area contributed by atoms with Gasteiger partial charge in [-0.05, 0) is 32.0 Å². The molecule has 0 fully saturated rings. The molecule has 154 valence electrons. The number of nitrogens with one attached hydrogen (secondary N) is 3. The molecule has 1 aromatic carbocycles. The Kier molecular flexibility index (Phi) is 6.04. The predicted molar refractivity (Wildman–Crippen MR) is 105 cm³/mol. The van der Waals surface area contributed by atoms with Crippen LogP contribution in [0.25, 0.3) is 0 Å². The van der Waals surface area contributed by atoms with Crippen LogP contribution < -0.4 is 10.1 Å². The van der Waals surface area contributed by atoms with Gasteiger partial charge in [0.1, 0.15) is 35.1 Å². The Labute approximate surface area is 172 Å². The van der Waals surface area contributed by atoms with Crippen molar-refractivity contribution < 1.29 is 17.7 Å². The van der Waals surface area contributed by atoms with Gasteiger partial charge in [0.2, 0.25) is 0 Å². The summed E-state index contributed by atoms with van der Waals surface area (Å²) in [5.41, 5.74) is 1.04. The molecule has 2 heterocycles. The maximum atomic E-state index is 13.9. The van der Waals surface area contributed by atoms with E-state index in [1.165, 1.54) is 32.2 Å². The van der Waals surface area contributed by atoms with Crippen molar-refractivity contribution in [2.75, 3.05) is 12.4 Å². The Morgan fingerprint density at radius 1 is 1.24 bits per heavy atom. The van der Waals surface area contributed by atoms with Crippen molar-refractivity contribution in [2.24, 2.45) is 0 Å². The first kappa shape index (κ1) is 21.0. The molecule has 0 aliphatic heterocycles. The number of H-pyrrole nitrogens is 1. The molecule has 3 N–H and O–H groups in total. The number of aromatic amines is 1. The van der Waals surface area contributed by atoms with Crippen LogP contribution in [0.15, 0.2) is 29.3 Å². The van der Waals surface area contributed by atoms with Crippen molar-refractivity contribution in [3.63, 3.8) is 0 Å². The molecule has 7 nitrogen and oxygen atoms in total. The number of methoxy groups -OCH3 is 1. The lowest BCUT2D eigenvalue weighted by Gasteiger charge is -2.21. The van der Waals surface area contributed by atoms with E-state index in [1.54, 1.807) is 6.92 Å². The van der Waals surface area contributed by atoms with Crippen LogP contribution in [-0.4, -0.2) is 22.1 Å². The Morgan fingerprint density at radius 2 is 1.97 bits per heavy atom. The monoisotopic (exact) mass is 440 g/mol. The smallest absolute Gasteiger partial charge is 0.145 e. The molecular formula is C18H17ClF2N5O2S-. The van der Waals surface area contributed by atoms with Crippen LogP contribution in [0.4, 0.5) is 14.6 Å². The van der Waals surface area contributed by atoms with Crippen LogP contribution in [0, 0.1) is 30.3 Å². The molecule has 3 aromatic rings. The number of nitrogens with zero attached hydrogens (tertiary/aromatic N) is 2. The number of imidazole rings is 1. The van der Waals surface area contributed by atoms with E-state index in [2.05, 4.69) is 20.3 Å². The molecule has 11 heteroatoms. The van der Waals surface area contributed by atoms with Gasteiger partial charge in [-0.25, -0.2) is 13.8 Å². The molecular weight excluding hydrogens is 424 g/mol. The Morgan fingerprint density at radius 3 is 2.55 bits per heavy atom. The van der Waals surface area contributed by atoms with E-state index in [4.69, 9.17) is 21.1 Å². The summed E-state index contributed by atoms with van der Waals surface area (Å²) in [4.78, 5) is 11.4. The zero-order chi connectivity index (χ0) is 21.3. The SMILES string of the molecule is COc1cc(F)c(Cl)cc1[C@H](Nc1ccc(F)c(C)n1)c1nc([S-](=N)=O)c(C)[nH]1. The van der Waals surface area contributed by atoms with Crippen LogP contribution in [0.2, 0.25) is 5.02 Å². The summed E-state index contributed by atoms with van der Waals surface area (Å²) in [6, 6.07) is 4.41. The molecule has 0 spiro atoms. The summed E-state index contributed by atoms with van der Waals surface area (Å²) in [5, 5.41) is 3.01. The van der Waals surface area contributed by atoms with Gasteiger partial charge in [0, 0.05) is 22.3 Å². The maximum Gasteiger partial charge on any atom is 0.145 e. The lowest BCUT2D eigenvalue weighted by Crippen LogP contribution is -2.16. The second-order valence-electron chi connectivity index (χ2n) is 6.17. The highest BCUT2D eigenvalue weighted by molar-refractivity contribution is 7.73. The number of aryl methyl sites for hydroxylation is 2. The number of aromatic nitrogens is 3. The molecule has 0 aliphatic rings. The van der Waals surface area contributed by atoms with E-state index in [1.807, 2.05) is 0 Å². The molecule has 0 saturated carbocycles. The van der Waals surface area contributed by atoms with Crippen molar-refractivity contribution in [1.82, 2.24) is 15.0 Å². The van der Waals surface area contributed by atoms with E-state index in [0.29, 0.717) is 17.1 Å². The van der Waals surface area contributed by atoms with Crippen molar-refractivity contribution in [3.8, 4) is 5.75 Å². The van der Waals surface area contributed by atoms with Gasteiger partial charge in [0.15, 0.2) is 0 Å². The standard InChI is InChI=1S/C18H17ClF2N5O2S/c1-8-12(20)4-5-15(23-8)25-16(17-24-9(2)18(26-17)29(22)27)10-6-11(19)13(21)7-14(10)28-3/h4-7,16,22H,1-3H3,(H,23,25)(H,24,26)/q-1/t16-/m0/s1. The van der Waals surface area contributed by atoms with Crippen molar-refractivity contribution in [3.05, 3.63) is 63.7 Å². The molecule has 0 saturated heterocycles. The summed E-state index contributed by atoms with van der Waals surface area (Å²) in [7, 11) is -0.688. The minimum absolute atomic E-state index is 0.0576. The van der Waals surface area contributed by atoms with Crippen LogP contribution in [0.3, 0.4) is 0 Å². The quantitative estimate of drug-likeness (QED) is 0.484. The zero-order valence-electron chi connectivity index (χ0n) is 15.6. The van der Waals surface area contributed by atoms with E-state index in [9.17, 15) is 13.0 Å². The number of rotatable bonds is 6. The molecule has 0 aliphatic carbocycles. The van der Waals surface area contributed by atoms with E-state index in [0.717, 1.165) is 6.07 Å². The highest BCUT2D eigenvalue weighted by atomic mass is 35.5. The zero-order valence-corrected chi connectivity index (χ0v) is 17.2. The van der Waals surface area contributed by atoms with E-state index < -0.39 is 28.3 Å². The first-order valence-electron chi connectivity index (χ1n) is 8.33. The second kappa shape index (κ2) is 8.34. The number of pyridine rings is 1. The van der Waals surface area contributed by atoms with Crippen LogP contribution in [-0.2, 0) is 14.8 Å². The fourth-order valence-corrected chi connectivity index (χ4v) is 3.48. The Bertz CT molecular complexity index is 1140. The lowest BCUT2D eigenvalue weighted by atomic mass is 10.0. The minimum Gasteiger partial charge on any atom is -0.496 e. The third-order valence-electron chi connectivity index (χ3n) is 4.20. The third kappa shape index (κ3) is 4.33. The van der Waals surface area contributed by atoms with Gasteiger partial charge in [0.25, 0.3) is 0 Å². The molecule has 29 heavy (non-hydrogen) atoms. The first-order chi connectivity index (χ1) is 13.7. The number of hydrogen-bond acceptors (Lipinski definition) is 7. The lowest BCUT2D eigenvalue weighted by molar-refractivity contribution is 0.404. The molecule has 1 atom stereocenters. The summed E-state index contributed by atoms with van der Waals surface area (Å²) >= 11 is 5.98. The fourth-order valence-electron chi connectivity index (χ4n) is 2.80. The molecule has 0 unspecified atom stereocenters. The fraction of sp³-hybridized carbons (Fsp3) is 0.222. The van der Waals surface area contributed by atoms with E-state index >= 15 is 0 Å². The second-order valence-corrected chi connectivity index (χ2v) is 7.50. The molecule has 0 bridgehead atoms. The third-order valence-corrected chi connectivity index (χ3v) is 5.24. The van der Waals surface area contributed by atoms with Crippen LogP contribution in [0.1, 0.15) is 28.8 Å². The summed E-state index contributed by atoms with van der Waals surface area (Å²) in [6.45, 7) is 3.15. The predicted octanol–water partition coefficient (Wildman–Crippen LogP) is 4.65.